The average molecular weight is 244 g/mol. The zero-order chi connectivity index (χ0) is 11.8. The highest BCUT2D eigenvalue weighted by molar-refractivity contribution is 7.89. The molecule has 0 saturated carbocycles. The summed E-state index contributed by atoms with van der Waals surface area (Å²) in [6.07, 6.45) is 2.35. The third-order valence-electron chi connectivity index (χ3n) is 2.74. The van der Waals surface area contributed by atoms with Crippen molar-refractivity contribution in [2.75, 3.05) is 13.1 Å². The van der Waals surface area contributed by atoms with Gasteiger partial charge in [-0.15, -0.1) is 0 Å². The van der Waals surface area contributed by atoms with Gasteiger partial charge in [0.2, 0.25) is 0 Å². The van der Waals surface area contributed by atoms with Crippen LogP contribution in [0, 0.1) is 6.92 Å². The summed E-state index contributed by atoms with van der Waals surface area (Å²) in [6.45, 7) is 3.32. The highest BCUT2D eigenvalue weighted by atomic mass is 32.2. The van der Waals surface area contributed by atoms with Crippen LogP contribution in [0.4, 0.5) is 0 Å². The fourth-order valence-electron chi connectivity index (χ4n) is 1.69. The van der Waals surface area contributed by atoms with Crippen molar-refractivity contribution < 1.29 is 8.42 Å². The summed E-state index contributed by atoms with van der Waals surface area (Å²) in [7, 11) is -1.69. The molecule has 2 heterocycles. The molecule has 90 valence electrons. The summed E-state index contributed by atoms with van der Waals surface area (Å²) in [4.78, 5) is 4.02. The highest BCUT2D eigenvalue weighted by Gasteiger charge is 2.24. The van der Waals surface area contributed by atoms with Gasteiger partial charge in [-0.25, -0.2) is 18.1 Å². The van der Waals surface area contributed by atoms with Crippen LogP contribution in [0.25, 0.3) is 0 Å². The van der Waals surface area contributed by atoms with Crippen LogP contribution in [0.2, 0.25) is 0 Å². The van der Waals surface area contributed by atoms with E-state index in [-0.39, 0.29) is 11.1 Å². The van der Waals surface area contributed by atoms with E-state index in [1.165, 1.54) is 6.20 Å². The molecule has 1 aromatic rings. The largest absolute Gasteiger partial charge is 0.337 e. The Hall–Kier alpha value is -0.920. The lowest BCUT2D eigenvalue weighted by Crippen LogP contribution is -2.36. The minimum Gasteiger partial charge on any atom is -0.337 e. The molecular weight excluding hydrogens is 228 g/mol. The summed E-state index contributed by atoms with van der Waals surface area (Å²) in [5.74, 6) is 0.685. The van der Waals surface area contributed by atoms with E-state index in [2.05, 4.69) is 15.0 Å². The van der Waals surface area contributed by atoms with Crippen LogP contribution in [-0.2, 0) is 17.1 Å². The van der Waals surface area contributed by atoms with Crippen LogP contribution in [0.5, 0.6) is 0 Å². The van der Waals surface area contributed by atoms with Crippen LogP contribution in [-0.4, -0.2) is 37.1 Å². The summed E-state index contributed by atoms with van der Waals surface area (Å²) >= 11 is 0. The number of nitrogens with zero attached hydrogens (tertiary/aromatic N) is 2. The monoisotopic (exact) mass is 244 g/mol. The van der Waals surface area contributed by atoms with Crippen LogP contribution in [0.3, 0.4) is 0 Å². The third kappa shape index (κ3) is 2.26. The molecule has 0 aromatic carbocycles. The van der Waals surface area contributed by atoms with E-state index in [0.29, 0.717) is 12.4 Å². The van der Waals surface area contributed by atoms with Gasteiger partial charge in [0.05, 0.1) is 0 Å². The van der Waals surface area contributed by atoms with E-state index in [4.69, 9.17) is 0 Å². The Balaban J connectivity index is 2.18. The molecule has 1 saturated heterocycles. The molecule has 7 heteroatoms. The van der Waals surface area contributed by atoms with Gasteiger partial charge in [-0.1, -0.05) is 0 Å². The van der Waals surface area contributed by atoms with Crippen LogP contribution in [0.1, 0.15) is 12.2 Å². The second-order valence-corrected chi connectivity index (χ2v) is 5.71. The molecule has 6 nitrogen and oxygen atoms in total. The molecule has 1 aliphatic rings. The molecule has 0 unspecified atom stereocenters. The first-order valence-corrected chi connectivity index (χ1v) is 6.70. The molecule has 16 heavy (non-hydrogen) atoms. The van der Waals surface area contributed by atoms with Gasteiger partial charge in [-0.05, 0) is 19.9 Å². The zero-order valence-electron chi connectivity index (χ0n) is 9.40. The molecule has 1 atom stereocenters. The first-order chi connectivity index (χ1) is 7.49. The minimum absolute atomic E-state index is 0.0210. The van der Waals surface area contributed by atoms with Crippen molar-refractivity contribution in [2.24, 2.45) is 7.05 Å². The van der Waals surface area contributed by atoms with Gasteiger partial charge in [-0.3, -0.25) is 0 Å². The molecule has 0 amide bonds. The van der Waals surface area contributed by atoms with Crippen molar-refractivity contribution in [3.8, 4) is 0 Å². The van der Waals surface area contributed by atoms with Crippen LogP contribution >= 0.6 is 0 Å². The Labute approximate surface area is 95.1 Å². The zero-order valence-corrected chi connectivity index (χ0v) is 10.2. The minimum atomic E-state index is -3.47. The Morgan fingerprint density at radius 3 is 2.88 bits per heavy atom. The molecule has 1 fully saturated rings. The van der Waals surface area contributed by atoms with Gasteiger partial charge in [0.1, 0.15) is 5.82 Å². The number of rotatable bonds is 3. The normalized spacial score (nSPS) is 21.5. The molecule has 0 spiro atoms. The molecule has 0 radical (unpaired) electrons. The molecule has 0 bridgehead atoms. The maximum Gasteiger partial charge on any atom is 0.259 e. The predicted molar refractivity (Wildman–Crippen MR) is 59.5 cm³/mol. The average Bonchev–Trinajstić information content (AvgIpc) is 2.78. The summed E-state index contributed by atoms with van der Waals surface area (Å²) in [6, 6.07) is -0.0210. The van der Waals surface area contributed by atoms with Crippen molar-refractivity contribution in [1.82, 2.24) is 19.6 Å². The number of aryl methyl sites for hydroxylation is 2. The fourth-order valence-corrected chi connectivity index (χ4v) is 3.00. The molecule has 2 N–H and O–H groups in total. The van der Waals surface area contributed by atoms with Gasteiger partial charge >= 0.3 is 0 Å². The maximum absolute atomic E-state index is 11.9. The standard InChI is InChI=1S/C9H16N4O2S/c1-7-11-9(6-13(7)2)16(14,15)12-8-3-4-10-5-8/h6,8,10,12H,3-5H2,1-2H3/t8-/m0/s1. The smallest absolute Gasteiger partial charge is 0.259 e. The van der Waals surface area contributed by atoms with Crippen molar-refractivity contribution in [2.45, 2.75) is 24.4 Å². The number of nitrogens with one attached hydrogen (secondary N) is 2. The van der Waals surface area contributed by atoms with Gasteiger partial charge in [0.15, 0.2) is 5.03 Å². The number of aromatic nitrogens is 2. The molecule has 0 aliphatic carbocycles. The van der Waals surface area contributed by atoms with Gasteiger partial charge in [-0.2, -0.15) is 0 Å². The SMILES string of the molecule is Cc1nc(S(=O)(=O)N[C@H]2CCNC2)cn1C. The maximum atomic E-state index is 11.9. The van der Waals surface area contributed by atoms with Gasteiger partial charge in [0.25, 0.3) is 10.0 Å². The first kappa shape index (κ1) is 11.6. The number of sulfonamides is 1. The molecule has 2 rings (SSSR count). The van der Waals surface area contributed by atoms with Crippen LogP contribution in [0.15, 0.2) is 11.2 Å². The summed E-state index contributed by atoms with van der Waals surface area (Å²) in [5, 5.41) is 3.21. The Morgan fingerprint density at radius 2 is 2.38 bits per heavy atom. The Kier molecular flexibility index (Phi) is 3.00. The van der Waals surface area contributed by atoms with E-state index in [1.54, 1.807) is 18.5 Å². The van der Waals surface area contributed by atoms with Crippen molar-refractivity contribution >= 4 is 10.0 Å². The van der Waals surface area contributed by atoms with E-state index >= 15 is 0 Å². The summed E-state index contributed by atoms with van der Waals surface area (Å²) < 4.78 is 28.2. The van der Waals surface area contributed by atoms with Crippen molar-refractivity contribution in [1.29, 1.82) is 0 Å². The second-order valence-electron chi connectivity index (χ2n) is 4.05. The molecular formula is C9H16N4O2S. The Morgan fingerprint density at radius 1 is 1.62 bits per heavy atom. The van der Waals surface area contributed by atoms with E-state index in [0.717, 1.165) is 13.0 Å². The Bertz CT molecular complexity index is 454. The quantitative estimate of drug-likeness (QED) is 0.742. The molecule has 1 aliphatic heterocycles. The lowest BCUT2D eigenvalue weighted by Gasteiger charge is -2.09. The van der Waals surface area contributed by atoms with Crippen molar-refractivity contribution in [3.05, 3.63) is 12.0 Å². The van der Waals surface area contributed by atoms with E-state index < -0.39 is 10.0 Å². The molecule has 1 aromatic heterocycles. The third-order valence-corrected chi connectivity index (χ3v) is 4.13. The van der Waals surface area contributed by atoms with E-state index in [1.807, 2.05) is 0 Å². The van der Waals surface area contributed by atoms with Crippen LogP contribution < -0.4 is 10.0 Å². The lowest BCUT2D eigenvalue weighted by molar-refractivity contribution is 0.557. The van der Waals surface area contributed by atoms with Crippen molar-refractivity contribution in [3.63, 3.8) is 0 Å². The fraction of sp³-hybridized carbons (Fsp3) is 0.667. The number of hydrogen-bond donors (Lipinski definition) is 2. The van der Waals surface area contributed by atoms with Gasteiger partial charge < -0.3 is 9.88 Å². The lowest BCUT2D eigenvalue weighted by atomic mass is 10.3. The highest BCUT2D eigenvalue weighted by Crippen LogP contribution is 2.09. The number of hydrogen-bond acceptors (Lipinski definition) is 4. The summed E-state index contributed by atoms with van der Waals surface area (Å²) in [5.41, 5.74) is 0. The van der Waals surface area contributed by atoms with Gasteiger partial charge in [0, 0.05) is 25.8 Å². The number of imidazole rings is 1. The predicted octanol–water partition coefficient (Wildman–Crippen LogP) is -0.631. The topological polar surface area (TPSA) is 76.0 Å². The van der Waals surface area contributed by atoms with E-state index in [9.17, 15) is 8.42 Å². The second kappa shape index (κ2) is 4.15. The first-order valence-electron chi connectivity index (χ1n) is 5.22.